The first-order valence-electron chi connectivity index (χ1n) is 5.93. The third-order valence-electron chi connectivity index (χ3n) is 3.19. The van der Waals surface area contributed by atoms with Crippen LogP contribution in [-0.2, 0) is 0 Å². The molecule has 5 heteroatoms. The quantitative estimate of drug-likeness (QED) is 0.773. The maximum absolute atomic E-state index is 9.26. The van der Waals surface area contributed by atoms with Gasteiger partial charge < -0.3 is 10.2 Å². The van der Waals surface area contributed by atoms with E-state index < -0.39 is 0 Å². The van der Waals surface area contributed by atoms with Crippen LogP contribution in [0.3, 0.4) is 0 Å². The SMILES string of the molecule is Cc1nnc(N2CCCNCC2)c(C#N)c1C. The van der Waals surface area contributed by atoms with E-state index in [1.165, 1.54) is 0 Å². The molecule has 1 aliphatic heterocycles. The van der Waals surface area contributed by atoms with Crippen molar-refractivity contribution in [2.45, 2.75) is 20.3 Å². The van der Waals surface area contributed by atoms with E-state index in [0.717, 1.165) is 49.7 Å². The van der Waals surface area contributed by atoms with E-state index in [1.807, 2.05) is 13.8 Å². The number of hydrogen-bond donors (Lipinski definition) is 1. The molecule has 0 amide bonds. The molecular weight excluding hydrogens is 214 g/mol. The molecule has 1 fully saturated rings. The van der Waals surface area contributed by atoms with Gasteiger partial charge in [0.1, 0.15) is 11.6 Å². The van der Waals surface area contributed by atoms with Crippen LogP contribution in [0.1, 0.15) is 23.2 Å². The number of rotatable bonds is 1. The van der Waals surface area contributed by atoms with Crippen LogP contribution in [0.4, 0.5) is 5.82 Å². The normalized spacial score (nSPS) is 16.4. The molecule has 1 N–H and O–H groups in total. The fourth-order valence-corrected chi connectivity index (χ4v) is 2.01. The molecule has 1 saturated heterocycles. The smallest absolute Gasteiger partial charge is 0.169 e. The molecule has 0 aromatic carbocycles. The number of aromatic nitrogens is 2. The Balaban J connectivity index is 2.37. The third-order valence-corrected chi connectivity index (χ3v) is 3.19. The Labute approximate surface area is 101 Å². The molecule has 0 bridgehead atoms. The third kappa shape index (κ3) is 2.37. The Morgan fingerprint density at radius 1 is 1.24 bits per heavy atom. The van der Waals surface area contributed by atoms with Crippen LogP contribution >= 0.6 is 0 Å². The van der Waals surface area contributed by atoms with E-state index in [0.29, 0.717) is 5.56 Å². The topological polar surface area (TPSA) is 64.8 Å². The maximum Gasteiger partial charge on any atom is 0.169 e. The van der Waals surface area contributed by atoms with Crippen molar-refractivity contribution in [2.24, 2.45) is 0 Å². The van der Waals surface area contributed by atoms with Gasteiger partial charge in [-0.15, -0.1) is 5.10 Å². The van der Waals surface area contributed by atoms with Crippen molar-refractivity contribution in [1.82, 2.24) is 15.5 Å². The van der Waals surface area contributed by atoms with Gasteiger partial charge in [0.25, 0.3) is 0 Å². The first-order chi connectivity index (χ1) is 8.24. The van der Waals surface area contributed by atoms with E-state index in [4.69, 9.17) is 0 Å². The van der Waals surface area contributed by atoms with Crippen molar-refractivity contribution in [3.8, 4) is 6.07 Å². The van der Waals surface area contributed by atoms with Crippen LogP contribution in [0.5, 0.6) is 0 Å². The van der Waals surface area contributed by atoms with E-state index in [2.05, 4.69) is 26.5 Å². The summed E-state index contributed by atoms with van der Waals surface area (Å²) in [5.74, 6) is 0.735. The van der Waals surface area contributed by atoms with Crippen LogP contribution in [0.25, 0.3) is 0 Å². The van der Waals surface area contributed by atoms with Gasteiger partial charge in [-0.1, -0.05) is 0 Å². The lowest BCUT2D eigenvalue weighted by atomic mass is 10.1. The predicted molar refractivity (Wildman–Crippen MR) is 65.9 cm³/mol. The molecular formula is C12H17N5. The second-order valence-electron chi connectivity index (χ2n) is 4.31. The van der Waals surface area contributed by atoms with E-state index in [9.17, 15) is 5.26 Å². The number of nitrogens with one attached hydrogen (secondary N) is 1. The number of anilines is 1. The summed E-state index contributed by atoms with van der Waals surface area (Å²) in [5, 5.41) is 20.9. The van der Waals surface area contributed by atoms with Crippen LogP contribution in [0, 0.1) is 25.2 Å². The highest BCUT2D eigenvalue weighted by molar-refractivity contribution is 5.57. The molecule has 0 aliphatic carbocycles. The lowest BCUT2D eigenvalue weighted by Gasteiger charge is -2.22. The van der Waals surface area contributed by atoms with Crippen molar-refractivity contribution in [2.75, 3.05) is 31.1 Å². The van der Waals surface area contributed by atoms with E-state index >= 15 is 0 Å². The van der Waals surface area contributed by atoms with Gasteiger partial charge in [-0.2, -0.15) is 10.4 Å². The average molecular weight is 231 g/mol. The van der Waals surface area contributed by atoms with Crippen LogP contribution in [0.15, 0.2) is 0 Å². The summed E-state index contributed by atoms with van der Waals surface area (Å²) < 4.78 is 0. The van der Waals surface area contributed by atoms with Crippen LogP contribution < -0.4 is 10.2 Å². The lowest BCUT2D eigenvalue weighted by Crippen LogP contribution is -2.30. The molecule has 1 aromatic heterocycles. The van der Waals surface area contributed by atoms with Crippen molar-refractivity contribution in [1.29, 1.82) is 5.26 Å². The summed E-state index contributed by atoms with van der Waals surface area (Å²) >= 11 is 0. The molecule has 0 spiro atoms. The Morgan fingerprint density at radius 3 is 2.82 bits per heavy atom. The van der Waals surface area contributed by atoms with Crippen LogP contribution in [-0.4, -0.2) is 36.4 Å². The van der Waals surface area contributed by atoms with Gasteiger partial charge in [0.15, 0.2) is 5.82 Å². The van der Waals surface area contributed by atoms with Gasteiger partial charge in [0, 0.05) is 19.6 Å². The number of hydrogen-bond acceptors (Lipinski definition) is 5. The zero-order chi connectivity index (χ0) is 12.3. The van der Waals surface area contributed by atoms with Crippen molar-refractivity contribution in [3.63, 3.8) is 0 Å². The summed E-state index contributed by atoms with van der Waals surface area (Å²) in [5.41, 5.74) is 2.44. The molecule has 1 aromatic rings. The van der Waals surface area contributed by atoms with Gasteiger partial charge in [0.2, 0.25) is 0 Å². The highest BCUT2D eigenvalue weighted by Crippen LogP contribution is 2.21. The molecule has 0 unspecified atom stereocenters. The molecule has 5 nitrogen and oxygen atoms in total. The summed E-state index contributed by atoms with van der Waals surface area (Å²) in [6.45, 7) is 7.58. The van der Waals surface area contributed by atoms with Gasteiger partial charge in [-0.05, 0) is 32.4 Å². The average Bonchev–Trinajstić information content (AvgIpc) is 2.61. The lowest BCUT2D eigenvalue weighted by molar-refractivity contribution is 0.724. The zero-order valence-corrected chi connectivity index (χ0v) is 10.3. The fourth-order valence-electron chi connectivity index (χ4n) is 2.01. The molecule has 2 heterocycles. The minimum absolute atomic E-state index is 0.666. The molecule has 2 rings (SSSR count). The van der Waals surface area contributed by atoms with Crippen molar-refractivity contribution < 1.29 is 0 Å². The number of nitrogens with zero attached hydrogens (tertiary/aromatic N) is 4. The summed E-state index contributed by atoms with van der Waals surface area (Å²) in [6.07, 6.45) is 1.07. The first-order valence-corrected chi connectivity index (χ1v) is 5.93. The van der Waals surface area contributed by atoms with E-state index in [1.54, 1.807) is 0 Å². The summed E-state index contributed by atoms with van der Waals surface area (Å²) in [7, 11) is 0. The van der Waals surface area contributed by atoms with Gasteiger partial charge in [-0.3, -0.25) is 0 Å². The molecule has 1 aliphatic rings. The Hall–Kier alpha value is -1.67. The van der Waals surface area contributed by atoms with Gasteiger partial charge in [0.05, 0.1) is 5.69 Å². The Morgan fingerprint density at radius 2 is 2.06 bits per heavy atom. The predicted octanol–water partition coefficient (Wildman–Crippen LogP) is 0.765. The molecule has 0 saturated carbocycles. The van der Waals surface area contributed by atoms with Gasteiger partial charge in [-0.25, -0.2) is 0 Å². The molecule has 90 valence electrons. The summed E-state index contributed by atoms with van der Waals surface area (Å²) in [6, 6.07) is 2.26. The van der Waals surface area contributed by atoms with Gasteiger partial charge >= 0.3 is 0 Å². The fraction of sp³-hybridized carbons (Fsp3) is 0.583. The number of aryl methyl sites for hydroxylation is 1. The molecule has 0 atom stereocenters. The first kappa shape index (κ1) is 11.8. The largest absolute Gasteiger partial charge is 0.353 e. The second-order valence-corrected chi connectivity index (χ2v) is 4.31. The van der Waals surface area contributed by atoms with Crippen molar-refractivity contribution >= 4 is 5.82 Å². The highest BCUT2D eigenvalue weighted by Gasteiger charge is 2.18. The summed E-state index contributed by atoms with van der Waals surface area (Å²) in [4.78, 5) is 2.15. The second kappa shape index (κ2) is 5.11. The Bertz CT molecular complexity index is 441. The van der Waals surface area contributed by atoms with Crippen LogP contribution in [0.2, 0.25) is 0 Å². The maximum atomic E-state index is 9.26. The van der Waals surface area contributed by atoms with Crippen molar-refractivity contribution in [3.05, 3.63) is 16.8 Å². The molecule has 0 radical (unpaired) electrons. The standard InChI is InChI=1S/C12H17N5/c1-9-10(2)15-16-12(11(9)8-13)17-6-3-4-14-5-7-17/h14H,3-7H2,1-2H3. The minimum atomic E-state index is 0.666. The zero-order valence-electron chi connectivity index (χ0n) is 10.3. The molecule has 17 heavy (non-hydrogen) atoms. The monoisotopic (exact) mass is 231 g/mol. The number of nitriles is 1. The highest BCUT2D eigenvalue weighted by atomic mass is 15.3. The minimum Gasteiger partial charge on any atom is -0.353 e. The van der Waals surface area contributed by atoms with E-state index in [-0.39, 0.29) is 0 Å². The Kier molecular flexibility index (Phi) is 3.55.